The number of aryl methyl sites for hydroxylation is 2. The lowest BCUT2D eigenvalue weighted by Gasteiger charge is -2.20. The zero-order valence-corrected chi connectivity index (χ0v) is 16.0. The molecule has 4 rings (SSSR count). The molecule has 2 aliphatic carbocycles. The van der Waals surface area contributed by atoms with Gasteiger partial charge in [-0.2, -0.15) is 0 Å². The summed E-state index contributed by atoms with van der Waals surface area (Å²) in [6, 6.07) is 13.1. The minimum Gasteiger partial charge on any atom is -0.341 e. The van der Waals surface area contributed by atoms with Gasteiger partial charge in [-0.3, -0.25) is 14.4 Å². The number of ketones is 1. The van der Waals surface area contributed by atoms with Gasteiger partial charge in [0.1, 0.15) is 0 Å². The third-order valence-electron chi connectivity index (χ3n) is 5.63. The highest BCUT2D eigenvalue weighted by Crippen LogP contribution is 2.41. The summed E-state index contributed by atoms with van der Waals surface area (Å²) in [4.78, 5) is 37.1. The molecule has 28 heavy (non-hydrogen) atoms. The van der Waals surface area contributed by atoms with Crippen molar-refractivity contribution < 1.29 is 14.4 Å². The van der Waals surface area contributed by atoms with Crippen LogP contribution in [0.5, 0.6) is 0 Å². The quantitative estimate of drug-likeness (QED) is 0.799. The summed E-state index contributed by atoms with van der Waals surface area (Å²) in [5.41, 5.74) is 4.30. The van der Waals surface area contributed by atoms with Crippen LogP contribution in [0.3, 0.4) is 0 Å². The van der Waals surface area contributed by atoms with Crippen molar-refractivity contribution in [3.8, 4) is 0 Å². The molecule has 2 aromatic carbocycles. The lowest BCUT2D eigenvalue weighted by atomic mass is 9.90. The third kappa shape index (κ3) is 3.84. The van der Waals surface area contributed by atoms with E-state index >= 15 is 0 Å². The van der Waals surface area contributed by atoms with Gasteiger partial charge in [0.2, 0.25) is 0 Å². The first-order valence-electron chi connectivity index (χ1n) is 9.86. The molecule has 0 unspecified atom stereocenters. The lowest BCUT2D eigenvalue weighted by Crippen LogP contribution is -2.38. The van der Waals surface area contributed by atoms with Crippen LogP contribution < -0.4 is 10.6 Å². The number of carbonyl (C=O) groups excluding carboxylic acids is 3. The Morgan fingerprint density at radius 3 is 2.57 bits per heavy atom. The summed E-state index contributed by atoms with van der Waals surface area (Å²) in [7, 11) is 0. The second kappa shape index (κ2) is 7.58. The molecule has 0 bridgehead atoms. The zero-order chi connectivity index (χ0) is 19.7. The Balaban J connectivity index is 1.46. The number of nitrogens with one attached hydrogen (secondary N) is 2. The van der Waals surface area contributed by atoms with Crippen molar-refractivity contribution in [2.45, 2.75) is 45.1 Å². The van der Waals surface area contributed by atoms with E-state index in [1.165, 1.54) is 0 Å². The van der Waals surface area contributed by atoms with Crippen LogP contribution in [-0.4, -0.2) is 17.6 Å². The maximum absolute atomic E-state index is 12.5. The van der Waals surface area contributed by atoms with Gasteiger partial charge in [0.05, 0.1) is 6.04 Å². The SMILES string of the molecule is Cc1ccccc1[C@@H](NC(=O)C(=O)Nc1ccc2c(c1)C(=O)CCC2)C1CC1. The van der Waals surface area contributed by atoms with E-state index in [9.17, 15) is 14.4 Å². The fourth-order valence-electron chi connectivity index (χ4n) is 3.92. The van der Waals surface area contributed by atoms with Gasteiger partial charge < -0.3 is 10.6 Å². The predicted molar refractivity (Wildman–Crippen MR) is 107 cm³/mol. The van der Waals surface area contributed by atoms with Gasteiger partial charge in [-0.15, -0.1) is 0 Å². The maximum Gasteiger partial charge on any atom is 0.313 e. The van der Waals surface area contributed by atoms with Crippen LogP contribution in [0.15, 0.2) is 42.5 Å². The Hall–Kier alpha value is -2.95. The molecule has 0 heterocycles. The minimum absolute atomic E-state index is 0.0927. The van der Waals surface area contributed by atoms with E-state index in [1.807, 2.05) is 37.3 Å². The monoisotopic (exact) mass is 376 g/mol. The van der Waals surface area contributed by atoms with Crippen molar-refractivity contribution in [3.63, 3.8) is 0 Å². The molecule has 0 radical (unpaired) electrons. The van der Waals surface area contributed by atoms with Gasteiger partial charge in [0.15, 0.2) is 5.78 Å². The summed E-state index contributed by atoms with van der Waals surface area (Å²) in [6.07, 6.45) is 4.36. The van der Waals surface area contributed by atoms with Crippen LogP contribution in [-0.2, 0) is 16.0 Å². The number of hydrogen-bond donors (Lipinski definition) is 2. The Morgan fingerprint density at radius 1 is 1.04 bits per heavy atom. The van der Waals surface area contributed by atoms with Crippen LogP contribution in [0.1, 0.15) is 58.8 Å². The highest BCUT2D eigenvalue weighted by atomic mass is 16.2. The Labute approximate surface area is 164 Å². The topological polar surface area (TPSA) is 75.3 Å². The van der Waals surface area contributed by atoms with Gasteiger partial charge in [-0.05, 0) is 67.3 Å². The molecule has 1 fully saturated rings. The summed E-state index contributed by atoms with van der Waals surface area (Å²) in [6.45, 7) is 2.01. The minimum atomic E-state index is -0.706. The molecule has 1 saturated carbocycles. The van der Waals surface area contributed by atoms with Crippen LogP contribution >= 0.6 is 0 Å². The third-order valence-corrected chi connectivity index (χ3v) is 5.63. The summed E-state index contributed by atoms with van der Waals surface area (Å²) in [5.74, 6) is -0.888. The molecule has 2 amide bonds. The predicted octanol–water partition coefficient (Wildman–Crippen LogP) is 3.72. The van der Waals surface area contributed by atoms with E-state index in [1.54, 1.807) is 12.1 Å². The van der Waals surface area contributed by atoms with E-state index in [0.29, 0.717) is 23.6 Å². The normalized spacial score (nSPS) is 16.8. The molecule has 5 nitrogen and oxygen atoms in total. The Kier molecular flexibility index (Phi) is 4.99. The van der Waals surface area contributed by atoms with Gasteiger partial charge in [-0.25, -0.2) is 0 Å². The number of benzene rings is 2. The molecule has 2 N–H and O–H groups in total. The molecular formula is C23H24N2O3. The number of anilines is 1. The highest BCUT2D eigenvalue weighted by Gasteiger charge is 2.35. The van der Waals surface area contributed by atoms with Crippen LogP contribution in [0.2, 0.25) is 0 Å². The van der Waals surface area contributed by atoms with E-state index < -0.39 is 11.8 Å². The Bertz CT molecular complexity index is 947. The van der Waals surface area contributed by atoms with Crippen LogP contribution in [0.4, 0.5) is 5.69 Å². The largest absolute Gasteiger partial charge is 0.341 e. The van der Waals surface area contributed by atoms with E-state index in [2.05, 4.69) is 10.6 Å². The number of amides is 2. The lowest BCUT2D eigenvalue weighted by molar-refractivity contribution is -0.136. The number of rotatable bonds is 4. The molecule has 0 spiro atoms. The number of carbonyl (C=O) groups is 3. The van der Waals surface area contributed by atoms with E-state index in [0.717, 1.165) is 42.4 Å². The second-order valence-electron chi connectivity index (χ2n) is 7.75. The average molecular weight is 376 g/mol. The molecule has 2 aliphatic rings. The van der Waals surface area contributed by atoms with Crippen LogP contribution in [0.25, 0.3) is 0 Å². The van der Waals surface area contributed by atoms with Crippen molar-refractivity contribution in [1.29, 1.82) is 0 Å². The number of fused-ring (bicyclic) bond motifs is 1. The molecule has 5 heteroatoms. The van der Waals surface area contributed by atoms with Gasteiger partial charge in [-0.1, -0.05) is 30.3 Å². The van der Waals surface area contributed by atoms with Crippen molar-refractivity contribution in [2.24, 2.45) is 5.92 Å². The molecule has 0 aliphatic heterocycles. The van der Waals surface area contributed by atoms with Crippen LogP contribution in [0, 0.1) is 12.8 Å². The molecule has 1 atom stereocenters. The fourth-order valence-corrected chi connectivity index (χ4v) is 3.92. The van der Waals surface area contributed by atoms with Gasteiger partial charge >= 0.3 is 11.8 Å². The number of hydrogen-bond acceptors (Lipinski definition) is 3. The second-order valence-corrected chi connectivity index (χ2v) is 7.75. The smallest absolute Gasteiger partial charge is 0.313 e. The van der Waals surface area contributed by atoms with Crippen molar-refractivity contribution in [1.82, 2.24) is 5.32 Å². The summed E-state index contributed by atoms with van der Waals surface area (Å²) in [5, 5.41) is 5.55. The first kappa shape index (κ1) is 18.4. The van der Waals surface area contributed by atoms with Gasteiger partial charge in [0, 0.05) is 17.7 Å². The first-order valence-corrected chi connectivity index (χ1v) is 9.86. The van der Waals surface area contributed by atoms with Gasteiger partial charge in [0.25, 0.3) is 0 Å². The molecule has 0 saturated heterocycles. The zero-order valence-electron chi connectivity index (χ0n) is 16.0. The maximum atomic E-state index is 12.5. The highest BCUT2D eigenvalue weighted by molar-refractivity contribution is 6.39. The summed E-state index contributed by atoms with van der Waals surface area (Å²) < 4.78 is 0. The van der Waals surface area contributed by atoms with Crippen molar-refractivity contribution in [2.75, 3.05) is 5.32 Å². The first-order chi connectivity index (χ1) is 13.5. The van der Waals surface area contributed by atoms with Crippen molar-refractivity contribution >= 4 is 23.3 Å². The standard InChI is InChI=1S/C23H24N2O3/c1-14-5-2-3-7-18(14)21(16-9-10-16)25-23(28)22(27)24-17-12-11-15-6-4-8-20(26)19(15)13-17/h2-3,5,7,11-13,16,21H,4,6,8-10H2,1H3,(H,24,27)(H,25,28)/t21-/m0/s1. The molecular weight excluding hydrogens is 352 g/mol. The van der Waals surface area contributed by atoms with E-state index in [4.69, 9.17) is 0 Å². The van der Waals surface area contributed by atoms with E-state index in [-0.39, 0.29) is 11.8 Å². The van der Waals surface area contributed by atoms with Crippen molar-refractivity contribution in [3.05, 3.63) is 64.7 Å². The molecule has 0 aromatic heterocycles. The Morgan fingerprint density at radius 2 is 1.82 bits per heavy atom. The number of Topliss-reactive ketones (excluding diaryl/α,β-unsaturated/α-hetero) is 1. The molecule has 144 valence electrons. The summed E-state index contributed by atoms with van der Waals surface area (Å²) >= 11 is 0. The molecule has 2 aromatic rings. The average Bonchev–Trinajstić information content (AvgIpc) is 3.52. The fraction of sp³-hybridized carbons (Fsp3) is 0.348.